The summed E-state index contributed by atoms with van der Waals surface area (Å²) in [5, 5.41) is 0. The van der Waals surface area contributed by atoms with Crippen LogP contribution in [0.25, 0.3) is 0 Å². The third kappa shape index (κ3) is 6.93. The minimum atomic E-state index is -0.379. The molecule has 0 aliphatic rings. The Kier molecular flexibility index (Phi) is 8.38. The summed E-state index contributed by atoms with van der Waals surface area (Å²) >= 11 is 4.08. The Morgan fingerprint density at radius 3 is 1.53 bits per heavy atom. The van der Waals surface area contributed by atoms with E-state index >= 15 is 0 Å². The van der Waals surface area contributed by atoms with Crippen molar-refractivity contribution in [3.05, 3.63) is 66.2 Å². The maximum Gasteiger partial charge on any atom is 0.248 e. The van der Waals surface area contributed by atoms with E-state index in [4.69, 9.17) is 5.73 Å². The summed E-state index contributed by atoms with van der Waals surface area (Å²) in [5.74, 6) is -0.379. The third-order valence-electron chi connectivity index (χ3n) is 1.81. The fourth-order valence-corrected chi connectivity index (χ4v) is 1.20. The van der Waals surface area contributed by atoms with Gasteiger partial charge in [0, 0.05) is 29.9 Å². The summed E-state index contributed by atoms with van der Waals surface area (Å²) in [4.78, 5) is 11.4. The number of carbonyl (C=O) groups excluding carboxylic acids is 1. The van der Waals surface area contributed by atoms with Crippen molar-refractivity contribution in [2.45, 2.75) is 4.90 Å². The van der Waals surface area contributed by atoms with Crippen molar-refractivity contribution >= 4 is 18.5 Å². The van der Waals surface area contributed by atoms with Crippen LogP contribution in [0.3, 0.4) is 0 Å². The van der Waals surface area contributed by atoms with Gasteiger partial charge in [0.15, 0.2) is 0 Å². The minimum Gasteiger partial charge on any atom is -0.366 e. The van der Waals surface area contributed by atoms with Crippen LogP contribution in [-0.4, -0.2) is 5.91 Å². The predicted molar refractivity (Wildman–Crippen MR) is 68.7 cm³/mol. The summed E-state index contributed by atoms with van der Waals surface area (Å²) in [7, 11) is 0. The number of hydrogen-bond donors (Lipinski definition) is 2. The summed E-state index contributed by atoms with van der Waals surface area (Å²) in [6.07, 6.45) is 0. The molecule has 0 saturated heterocycles. The van der Waals surface area contributed by atoms with Crippen molar-refractivity contribution < 1.29 is 24.3 Å². The van der Waals surface area contributed by atoms with Crippen LogP contribution < -0.4 is 5.73 Å². The summed E-state index contributed by atoms with van der Waals surface area (Å²) in [6, 6.07) is 18.5. The van der Waals surface area contributed by atoms with Crippen molar-refractivity contribution in [3.63, 3.8) is 0 Å². The Bertz CT molecular complexity index is 434. The van der Waals surface area contributed by atoms with Gasteiger partial charge in [-0.05, 0) is 24.3 Å². The molecule has 2 aromatic carbocycles. The second-order valence-corrected chi connectivity index (χ2v) is 3.58. The van der Waals surface area contributed by atoms with Crippen LogP contribution in [0, 0.1) is 0 Å². The van der Waals surface area contributed by atoms with Crippen LogP contribution in [0.4, 0.5) is 0 Å². The molecule has 2 nitrogen and oxygen atoms in total. The first-order valence-corrected chi connectivity index (χ1v) is 5.23. The average Bonchev–Trinajstić information content (AvgIpc) is 2.32. The van der Waals surface area contributed by atoms with Crippen LogP contribution in [0.1, 0.15) is 10.4 Å². The number of carbonyl (C=O) groups is 1. The summed E-state index contributed by atoms with van der Waals surface area (Å²) in [6.45, 7) is 0. The molecule has 0 radical (unpaired) electrons. The Hall–Kier alpha value is -1.12. The number of thiol groups is 1. The van der Waals surface area contributed by atoms with Gasteiger partial charge in [-0.15, -0.1) is 12.6 Å². The first kappa shape index (κ1) is 15.9. The molecule has 17 heavy (non-hydrogen) atoms. The zero-order chi connectivity index (χ0) is 11.8. The molecule has 0 aliphatic carbocycles. The van der Waals surface area contributed by atoms with E-state index in [-0.39, 0.29) is 25.4 Å². The van der Waals surface area contributed by atoms with Gasteiger partial charge < -0.3 is 5.73 Å². The van der Waals surface area contributed by atoms with Crippen LogP contribution in [0.5, 0.6) is 0 Å². The first-order chi connectivity index (χ1) is 7.70. The smallest absolute Gasteiger partial charge is 0.248 e. The van der Waals surface area contributed by atoms with E-state index < -0.39 is 0 Å². The fourth-order valence-electron chi connectivity index (χ4n) is 1.03. The minimum absolute atomic E-state index is 0. The van der Waals surface area contributed by atoms with Gasteiger partial charge in [-0.25, -0.2) is 0 Å². The van der Waals surface area contributed by atoms with Crippen LogP contribution >= 0.6 is 12.6 Å². The summed E-state index contributed by atoms with van der Waals surface area (Å²) < 4.78 is 0. The third-order valence-corrected chi connectivity index (χ3v) is 2.11. The molecule has 2 aromatic rings. The van der Waals surface area contributed by atoms with E-state index in [0.29, 0.717) is 5.56 Å². The maximum absolute atomic E-state index is 10.4. The molecule has 0 bridgehead atoms. The standard InChI is InChI=1S/C7H7NO.C6H6S.Zn/c8-7(9)6-4-2-1-3-5-6;7-6-4-2-1-3-5-6;/h1-5H,(H2,8,9);1-5,7H;. The van der Waals surface area contributed by atoms with Crippen LogP contribution in [0.2, 0.25) is 0 Å². The molecular formula is C13H13NOSZn. The number of amides is 1. The largest absolute Gasteiger partial charge is 0.366 e. The quantitative estimate of drug-likeness (QED) is 0.617. The number of hydrogen-bond acceptors (Lipinski definition) is 2. The van der Waals surface area contributed by atoms with E-state index in [9.17, 15) is 4.79 Å². The van der Waals surface area contributed by atoms with Crippen molar-refractivity contribution in [2.24, 2.45) is 5.73 Å². The second-order valence-electron chi connectivity index (χ2n) is 3.07. The molecule has 84 valence electrons. The van der Waals surface area contributed by atoms with E-state index in [0.717, 1.165) is 4.90 Å². The van der Waals surface area contributed by atoms with Crippen molar-refractivity contribution in [2.75, 3.05) is 0 Å². The molecule has 2 N–H and O–H groups in total. The van der Waals surface area contributed by atoms with E-state index in [1.54, 1.807) is 24.3 Å². The van der Waals surface area contributed by atoms with Gasteiger partial charge in [-0.3, -0.25) is 4.79 Å². The molecule has 4 heteroatoms. The van der Waals surface area contributed by atoms with Crippen LogP contribution in [-0.2, 0) is 19.5 Å². The average molecular weight is 297 g/mol. The predicted octanol–water partition coefficient (Wildman–Crippen LogP) is 2.76. The van der Waals surface area contributed by atoms with Gasteiger partial charge in [-0.2, -0.15) is 0 Å². The normalized spacial score (nSPS) is 8.29. The van der Waals surface area contributed by atoms with Gasteiger partial charge in [0.2, 0.25) is 5.91 Å². The number of nitrogens with two attached hydrogens (primary N) is 1. The number of primary amides is 1. The second kappa shape index (κ2) is 8.97. The molecule has 0 saturated carbocycles. The van der Waals surface area contributed by atoms with Gasteiger partial charge in [0.1, 0.15) is 0 Å². The van der Waals surface area contributed by atoms with Crippen LogP contribution in [0.15, 0.2) is 65.6 Å². The Morgan fingerprint density at radius 1 is 0.882 bits per heavy atom. The molecule has 0 heterocycles. The molecule has 1 amide bonds. The molecule has 0 aromatic heterocycles. The fraction of sp³-hybridized carbons (Fsp3) is 0. The first-order valence-electron chi connectivity index (χ1n) is 4.79. The number of benzene rings is 2. The van der Waals surface area contributed by atoms with Crippen molar-refractivity contribution in [3.8, 4) is 0 Å². The molecular weight excluding hydrogens is 284 g/mol. The zero-order valence-corrected chi connectivity index (χ0v) is 13.3. The Balaban J connectivity index is 0.000000292. The molecule has 0 spiro atoms. The zero-order valence-electron chi connectivity index (χ0n) is 9.41. The van der Waals surface area contributed by atoms with Crippen molar-refractivity contribution in [1.82, 2.24) is 0 Å². The van der Waals surface area contributed by atoms with E-state index in [1.165, 1.54) is 0 Å². The SMILES string of the molecule is NC(=O)c1ccccc1.Sc1ccccc1.[Zn]. The Labute approximate surface area is 119 Å². The Morgan fingerprint density at radius 2 is 1.29 bits per heavy atom. The van der Waals surface area contributed by atoms with E-state index in [2.05, 4.69) is 12.6 Å². The molecule has 2 rings (SSSR count). The van der Waals surface area contributed by atoms with Crippen molar-refractivity contribution in [1.29, 1.82) is 0 Å². The maximum atomic E-state index is 10.4. The topological polar surface area (TPSA) is 43.1 Å². The summed E-state index contributed by atoms with van der Waals surface area (Å²) in [5.41, 5.74) is 5.53. The monoisotopic (exact) mass is 295 g/mol. The van der Waals surface area contributed by atoms with Gasteiger partial charge in [0.05, 0.1) is 0 Å². The molecule has 0 unspecified atom stereocenters. The van der Waals surface area contributed by atoms with Gasteiger partial charge in [-0.1, -0.05) is 36.4 Å². The molecule has 0 fully saturated rings. The number of rotatable bonds is 1. The molecule has 0 aliphatic heterocycles. The van der Waals surface area contributed by atoms with Gasteiger partial charge in [0.25, 0.3) is 0 Å². The van der Waals surface area contributed by atoms with Gasteiger partial charge >= 0.3 is 0 Å². The van der Waals surface area contributed by atoms with E-state index in [1.807, 2.05) is 36.4 Å². The molecule has 0 atom stereocenters.